The molecule has 0 unspecified atom stereocenters. The first kappa shape index (κ1) is 31.6. The summed E-state index contributed by atoms with van der Waals surface area (Å²) < 4.78 is 6.66. The fourth-order valence-corrected chi connectivity index (χ4v) is 7.72. The fraction of sp³-hybridized carbons (Fsp3) is 0. The number of fused-ring (bicyclic) bond motifs is 3. The third-order valence-corrected chi connectivity index (χ3v) is 10.4. The van der Waals surface area contributed by atoms with Gasteiger partial charge in [0.2, 0.25) is 0 Å². The molecule has 0 fully saturated rings. The summed E-state index contributed by atoms with van der Waals surface area (Å²) in [5.41, 5.74) is 12.1. The molecule has 0 spiro atoms. The molecule has 9 aromatic carbocycles. The SMILES string of the molecule is c1ccc(-c2c(-c3cccc(N(c4ccc(-c5ccc6ccccc6c5)cc4)c4ccc(-c5ccc6ccccc6c5)cc4)c3)oc3ccccc23)cc1. The third-order valence-electron chi connectivity index (χ3n) is 10.4. The van der Waals surface area contributed by atoms with Gasteiger partial charge in [0, 0.05) is 33.6 Å². The van der Waals surface area contributed by atoms with Crippen molar-refractivity contribution in [1.29, 1.82) is 0 Å². The molecular formula is C52H35NO. The average Bonchev–Trinajstić information content (AvgIpc) is 3.64. The van der Waals surface area contributed by atoms with E-state index in [0.29, 0.717) is 0 Å². The smallest absolute Gasteiger partial charge is 0.143 e. The first-order valence-electron chi connectivity index (χ1n) is 18.4. The molecule has 0 bridgehead atoms. The number of nitrogens with zero attached hydrogens (tertiary/aromatic N) is 1. The monoisotopic (exact) mass is 689 g/mol. The fourth-order valence-electron chi connectivity index (χ4n) is 7.72. The van der Waals surface area contributed by atoms with Crippen LogP contribution in [0.5, 0.6) is 0 Å². The van der Waals surface area contributed by atoms with Crippen molar-refractivity contribution in [2.75, 3.05) is 4.90 Å². The number of anilines is 3. The van der Waals surface area contributed by atoms with Crippen LogP contribution in [0.15, 0.2) is 217 Å². The summed E-state index contributed by atoms with van der Waals surface area (Å²) in [4.78, 5) is 2.34. The van der Waals surface area contributed by atoms with Crippen molar-refractivity contribution in [2.45, 2.75) is 0 Å². The average molecular weight is 690 g/mol. The lowest BCUT2D eigenvalue weighted by Gasteiger charge is -2.26. The Labute approximate surface area is 314 Å². The van der Waals surface area contributed by atoms with E-state index in [2.05, 4.69) is 211 Å². The lowest BCUT2D eigenvalue weighted by Crippen LogP contribution is -2.10. The Hall–Kier alpha value is -7.16. The quantitative estimate of drug-likeness (QED) is 0.166. The zero-order chi connectivity index (χ0) is 35.8. The predicted molar refractivity (Wildman–Crippen MR) is 228 cm³/mol. The van der Waals surface area contributed by atoms with Gasteiger partial charge in [0.25, 0.3) is 0 Å². The highest BCUT2D eigenvalue weighted by Crippen LogP contribution is 2.44. The minimum atomic E-state index is 0.863. The summed E-state index contributed by atoms with van der Waals surface area (Å²) in [5.74, 6) is 0.863. The maximum absolute atomic E-state index is 6.66. The van der Waals surface area contributed by atoms with Crippen LogP contribution in [0, 0.1) is 0 Å². The highest BCUT2D eigenvalue weighted by atomic mass is 16.3. The molecule has 0 radical (unpaired) electrons. The zero-order valence-electron chi connectivity index (χ0n) is 29.6. The molecular weight excluding hydrogens is 655 g/mol. The molecule has 54 heavy (non-hydrogen) atoms. The van der Waals surface area contributed by atoms with Crippen molar-refractivity contribution >= 4 is 49.6 Å². The van der Waals surface area contributed by atoms with Crippen molar-refractivity contribution < 1.29 is 4.42 Å². The second kappa shape index (κ2) is 13.4. The zero-order valence-corrected chi connectivity index (χ0v) is 29.6. The van der Waals surface area contributed by atoms with Gasteiger partial charge in [-0.1, -0.05) is 158 Å². The topological polar surface area (TPSA) is 16.4 Å². The van der Waals surface area contributed by atoms with Crippen LogP contribution in [0.2, 0.25) is 0 Å². The molecule has 0 N–H and O–H groups in total. The van der Waals surface area contributed by atoms with Crippen LogP contribution >= 0.6 is 0 Å². The van der Waals surface area contributed by atoms with E-state index in [1.165, 1.54) is 43.8 Å². The molecule has 0 aliphatic heterocycles. The van der Waals surface area contributed by atoms with E-state index in [9.17, 15) is 0 Å². The Bertz CT molecular complexity index is 2800. The maximum atomic E-state index is 6.66. The van der Waals surface area contributed by atoms with Crippen molar-refractivity contribution in [1.82, 2.24) is 0 Å². The molecule has 0 aliphatic rings. The van der Waals surface area contributed by atoms with E-state index < -0.39 is 0 Å². The molecule has 10 aromatic rings. The van der Waals surface area contributed by atoms with E-state index in [4.69, 9.17) is 4.42 Å². The van der Waals surface area contributed by atoms with Gasteiger partial charge >= 0.3 is 0 Å². The predicted octanol–water partition coefficient (Wildman–Crippen LogP) is 14.9. The number of hydrogen-bond acceptors (Lipinski definition) is 2. The molecule has 0 amide bonds. The summed E-state index contributed by atoms with van der Waals surface area (Å²) in [7, 11) is 0. The van der Waals surface area contributed by atoms with Gasteiger partial charge in [-0.15, -0.1) is 0 Å². The van der Waals surface area contributed by atoms with Gasteiger partial charge in [-0.25, -0.2) is 0 Å². The number of benzene rings is 9. The van der Waals surface area contributed by atoms with E-state index in [1.54, 1.807) is 0 Å². The van der Waals surface area contributed by atoms with Crippen molar-refractivity contribution in [3.63, 3.8) is 0 Å². The second-order valence-corrected chi connectivity index (χ2v) is 13.8. The molecule has 1 heterocycles. The van der Waals surface area contributed by atoms with Gasteiger partial charge in [-0.05, 0) is 104 Å². The maximum Gasteiger partial charge on any atom is 0.143 e. The summed E-state index contributed by atoms with van der Waals surface area (Å²) in [6.07, 6.45) is 0. The van der Waals surface area contributed by atoms with Gasteiger partial charge < -0.3 is 9.32 Å². The lowest BCUT2D eigenvalue weighted by atomic mass is 9.98. The largest absolute Gasteiger partial charge is 0.455 e. The number of hydrogen-bond donors (Lipinski definition) is 0. The lowest BCUT2D eigenvalue weighted by molar-refractivity contribution is 0.632. The van der Waals surface area contributed by atoms with Crippen LogP contribution in [0.3, 0.4) is 0 Å². The van der Waals surface area contributed by atoms with Crippen LogP contribution in [-0.2, 0) is 0 Å². The van der Waals surface area contributed by atoms with Crippen molar-refractivity contribution in [2.24, 2.45) is 0 Å². The summed E-state index contributed by atoms with van der Waals surface area (Å²) in [6, 6.07) is 75.8. The van der Waals surface area contributed by atoms with Gasteiger partial charge in [-0.2, -0.15) is 0 Å². The van der Waals surface area contributed by atoms with Crippen LogP contribution in [0.25, 0.3) is 77.2 Å². The van der Waals surface area contributed by atoms with Crippen LogP contribution in [0.4, 0.5) is 17.1 Å². The Morgan fingerprint density at radius 2 is 0.796 bits per heavy atom. The Balaban J connectivity index is 1.08. The van der Waals surface area contributed by atoms with Gasteiger partial charge in [0.1, 0.15) is 11.3 Å². The standard InChI is InChI=1S/C52H35NO/c1-2-13-40(14-3-1)51-49-19-8-9-20-50(49)54-52(51)45-17-10-18-48(35-45)53(46-29-25-38(26-30-46)43-23-21-36-11-4-6-15-41(36)33-43)47-31-27-39(28-32-47)44-24-22-37-12-5-7-16-42(37)34-44/h1-35H. The third kappa shape index (κ3) is 5.81. The summed E-state index contributed by atoms with van der Waals surface area (Å²) in [6.45, 7) is 0. The number of para-hydroxylation sites is 1. The first-order valence-corrected chi connectivity index (χ1v) is 18.4. The summed E-state index contributed by atoms with van der Waals surface area (Å²) >= 11 is 0. The van der Waals surface area contributed by atoms with Gasteiger partial charge in [0.15, 0.2) is 0 Å². The molecule has 0 atom stereocenters. The Morgan fingerprint density at radius 3 is 1.41 bits per heavy atom. The summed E-state index contributed by atoms with van der Waals surface area (Å²) in [5, 5.41) is 6.08. The second-order valence-electron chi connectivity index (χ2n) is 13.8. The van der Waals surface area contributed by atoms with Crippen LogP contribution in [-0.4, -0.2) is 0 Å². The molecule has 1 aromatic heterocycles. The minimum Gasteiger partial charge on any atom is -0.455 e. The first-order chi connectivity index (χ1) is 26.7. The van der Waals surface area contributed by atoms with Gasteiger partial charge in [-0.3, -0.25) is 0 Å². The number of furan rings is 1. The highest BCUT2D eigenvalue weighted by Gasteiger charge is 2.20. The molecule has 0 saturated carbocycles. The van der Waals surface area contributed by atoms with Crippen molar-refractivity contribution in [3.05, 3.63) is 212 Å². The molecule has 0 aliphatic carbocycles. The Morgan fingerprint density at radius 1 is 0.296 bits per heavy atom. The highest BCUT2D eigenvalue weighted by molar-refractivity contribution is 6.02. The molecule has 0 saturated heterocycles. The molecule has 2 heteroatoms. The van der Waals surface area contributed by atoms with E-state index in [-0.39, 0.29) is 0 Å². The molecule has 254 valence electrons. The van der Waals surface area contributed by atoms with E-state index in [1.807, 2.05) is 6.07 Å². The van der Waals surface area contributed by atoms with Gasteiger partial charge in [0.05, 0.1) is 0 Å². The minimum absolute atomic E-state index is 0.863. The van der Waals surface area contributed by atoms with E-state index in [0.717, 1.165) is 50.5 Å². The van der Waals surface area contributed by atoms with Crippen LogP contribution < -0.4 is 4.90 Å². The Kier molecular flexibility index (Phi) is 7.85. The molecule has 10 rings (SSSR count). The number of rotatable bonds is 7. The normalized spacial score (nSPS) is 11.3. The van der Waals surface area contributed by atoms with Crippen molar-refractivity contribution in [3.8, 4) is 44.7 Å². The molecule has 2 nitrogen and oxygen atoms in total. The van der Waals surface area contributed by atoms with E-state index >= 15 is 0 Å². The van der Waals surface area contributed by atoms with Crippen LogP contribution in [0.1, 0.15) is 0 Å².